The van der Waals surface area contributed by atoms with Gasteiger partial charge in [-0.05, 0) is 36.4 Å². The molecule has 8 heteroatoms. The van der Waals surface area contributed by atoms with Crippen molar-refractivity contribution >= 4 is 11.6 Å². The van der Waals surface area contributed by atoms with Crippen molar-refractivity contribution in [2.75, 3.05) is 6.54 Å². The van der Waals surface area contributed by atoms with Crippen molar-refractivity contribution < 1.29 is 10.0 Å². The average molecular weight is 404 g/mol. The van der Waals surface area contributed by atoms with Gasteiger partial charge < -0.3 is 15.8 Å². The molecule has 3 rings (SSSR count). The van der Waals surface area contributed by atoms with Gasteiger partial charge in [0.2, 0.25) is 0 Å². The standard InChI is InChI=1S/C12H13N3.C10H11N3O2/c1-3-7-14-11(5-1)9-13-10-12-6-2-4-8-15-12;1-2-7-11-10(14)8-5-3-4-6-9(8)12-13-15/h1-8,13H,9-10H2;2-6H,1,7H2,(H,11,14)(H,12,15). The van der Waals surface area contributed by atoms with E-state index < -0.39 is 0 Å². The summed E-state index contributed by atoms with van der Waals surface area (Å²) in [6, 6.07) is 18.4. The molecule has 30 heavy (non-hydrogen) atoms. The molecule has 0 saturated carbocycles. The summed E-state index contributed by atoms with van der Waals surface area (Å²) in [5.41, 5.74) is 2.78. The van der Waals surface area contributed by atoms with E-state index in [9.17, 15) is 4.79 Å². The molecule has 0 fully saturated rings. The predicted octanol–water partition coefficient (Wildman–Crippen LogP) is 3.84. The van der Waals surface area contributed by atoms with Crippen LogP contribution in [0.5, 0.6) is 0 Å². The summed E-state index contributed by atoms with van der Waals surface area (Å²) in [4.78, 5) is 20.0. The highest BCUT2D eigenvalue weighted by atomic mass is 16.5. The summed E-state index contributed by atoms with van der Waals surface area (Å²) in [7, 11) is 0. The van der Waals surface area contributed by atoms with Crippen LogP contribution in [0.25, 0.3) is 0 Å². The van der Waals surface area contributed by atoms with Crippen molar-refractivity contribution in [3.05, 3.63) is 103 Å². The third-order valence-electron chi connectivity index (χ3n) is 3.77. The van der Waals surface area contributed by atoms with Crippen molar-refractivity contribution in [1.29, 1.82) is 0 Å². The molecule has 0 aliphatic carbocycles. The van der Waals surface area contributed by atoms with Crippen molar-refractivity contribution in [3.63, 3.8) is 0 Å². The Labute approximate surface area is 175 Å². The summed E-state index contributed by atoms with van der Waals surface area (Å²) in [6.07, 6.45) is 5.18. The number of aromatic nitrogens is 2. The number of amides is 1. The molecule has 3 aromatic rings. The SMILES string of the molecule is C=CCNC(=O)c1ccccc1N=NO.c1ccc(CNCc2ccccn2)nc1. The van der Waals surface area contributed by atoms with Crippen LogP contribution in [0, 0.1) is 0 Å². The number of hydrogen-bond acceptors (Lipinski definition) is 6. The maximum atomic E-state index is 11.6. The van der Waals surface area contributed by atoms with E-state index >= 15 is 0 Å². The molecule has 1 aromatic carbocycles. The second kappa shape index (κ2) is 13.3. The third-order valence-corrected chi connectivity index (χ3v) is 3.77. The number of pyridine rings is 2. The number of benzene rings is 1. The Morgan fingerprint density at radius 2 is 1.57 bits per heavy atom. The molecule has 0 spiro atoms. The number of nitrogens with zero attached hydrogens (tertiary/aromatic N) is 4. The maximum absolute atomic E-state index is 11.6. The minimum absolute atomic E-state index is 0.280. The highest BCUT2D eigenvalue weighted by Gasteiger charge is 2.09. The number of carbonyl (C=O) groups excluding carboxylic acids is 1. The maximum Gasteiger partial charge on any atom is 0.253 e. The van der Waals surface area contributed by atoms with Crippen LogP contribution in [0.15, 0.2) is 96.1 Å². The minimum Gasteiger partial charge on any atom is -0.394 e. The second-order valence-electron chi connectivity index (χ2n) is 5.95. The lowest BCUT2D eigenvalue weighted by molar-refractivity contribution is 0.0958. The smallest absolute Gasteiger partial charge is 0.253 e. The molecule has 0 radical (unpaired) electrons. The van der Waals surface area contributed by atoms with E-state index in [1.54, 1.807) is 42.7 Å². The van der Waals surface area contributed by atoms with Crippen molar-refractivity contribution in [3.8, 4) is 0 Å². The Balaban J connectivity index is 0.000000214. The molecule has 2 heterocycles. The molecule has 1 amide bonds. The van der Waals surface area contributed by atoms with Gasteiger partial charge in [0.05, 0.1) is 17.0 Å². The Kier molecular flexibility index (Phi) is 9.92. The van der Waals surface area contributed by atoms with Crippen LogP contribution in [0.3, 0.4) is 0 Å². The number of carbonyl (C=O) groups is 1. The highest BCUT2D eigenvalue weighted by molar-refractivity contribution is 5.98. The summed E-state index contributed by atoms with van der Waals surface area (Å²) in [5, 5.41) is 20.3. The minimum atomic E-state index is -0.280. The van der Waals surface area contributed by atoms with Crippen molar-refractivity contribution in [2.45, 2.75) is 13.1 Å². The van der Waals surface area contributed by atoms with Crippen molar-refractivity contribution in [1.82, 2.24) is 20.6 Å². The zero-order valence-electron chi connectivity index (χ0n) is 16.5. The monoisotopic (exact) mass is 404 g/mol. The predicted molar refractivity (Wildman–Crippen MR) is 114 cm³/mol. The summed E-state index contributed by atoms with van der Waals surface area (Å²) >= 11 is 0. The fourth-order valence-electron chi connectivity index (χ4n) is 2.39. The molecule has 0 bridgehead atoms. The van der Waals surface area contributed by atoms with Crippen LogP contribution < -0.4 is 10.6 Å². The van der Waals surface area contributed by atoms with E-state index in [-0.39, 0.29) is 5.91 Å². The van der Waals surface area contributed by atoms with Gasteiger partial charge in [0.25, 0.3) is 5.91 Å². The van der Waals surface area contributed by atoms with Gasteiger partial charge in [0.15, 0.2) is 0 Å². The zero-order chi connectivity index (χ0) is 21.4. The molecule has 0 unspecified atom stereocenters. The van der Waals surface area contributed by atoms with E-state index in [2.05, 4.69) is 37.6 Å². The van der Waals surface area contributed by atoms with E-state index in [0.717, 1.165) is 24.5 Å². The molecule has 8 nitrogen and oxygen atoms in total. The first-order chi connectivity index (χ1) is 14.7. The van der Waals surface area contributed by atoms with E-state index in [1.165, 1.54) is 0 Å². The van der Waals surface area contributed by atoms with E-state index in [4.69, 9.17) is 5.21 Å². The first-order valence-electron chi connectivity index (χ1n) is 9.28. The van der Waals surface area contributed by atoms with Gasteiger partial charge in [-0.15, -0.1) is 11.7 Å². The highest BCUT2D eigenvalue weighted by Crippen LogP contribution is 2.18. The van der Waals surface area contributed by atoms with Crippen LogP contribution in [-0.4, -0.2) is 27.6 Å². The molecule has 2 aromatic heterocycles. The largest absolute Gasteiger partial charge is 0.394 e. The summed E-state index contributed by atoms with van der Waals surface area (Å²) in [6.45, 7) is 5.42. The molecular weight excluding hydrogens is 380 g/mol. The van der Waals surface area contributed by atoms with Gasteiger partial charge in [-0.25, -0.2) is 0 Å². The molecule has 0 saturated heterocycles. The average Bonchev–Trinajstić information content (AvgIpc) is 2.80. The first-order valence-corrected chi connectivity index (χ1v) is 9.28. The lowest BCUT2D eigenvalue weighted by atomic mass is 10.1. The van der Waals surface area contributed by atoms with Gasteiger partial charge in [-0.3, -0.25) is 14.8 Å². The molecular formula is C22H24N6O2. The van der Waals surface area contributed by atoms with Crippen molar-refractivity contribution in [2.24, 2.45) is 10.4 Å². The van der Waals surface area contributed by atoms with Gasteiger partial charge in [-0.1, -0.05) is 30.3 Å². The number of hydrogen-bond donors (Lipinski definition) is 3. The quantitative estimate of drug-likeness (QED) is 0.300. The van der Waals surface area contributed by atoms with Gasteiger partial charge in [0.1, 0.15) is 5.69 Å². The lowest BCUT2D eigenvalue weighted by Crippen LogP contribution is -2.23. The number of rotatable bonds is 8. The normalized spacial score (nSPS) is 10.1. The van der Waals surface area contributed by atoms with Gasteiger partial charge in [0, 0.05) is 37.3 Å². The second-order valence-corrected chi connectivity index (χ2v) is 5.95. The van der Waals surface area contributed by atoms with Crippen LogP contribution in [-0.2, 0) is 13.1 Å². The van der Waals surface area contributed by atoms with Crippen LogP contribution >= 0.6 is 0 Å². The summed E-state index contributed by atoms with van der Waals surface area (Å²) in [5.74, 6) is -0.280. The third kappa shape index (κ3) is 7.99. The van der Waals surface area contributed by atoms with E-state index in [1.807, 2.05) is 36.4 Å². The molecule has 0 atom stereocenters. The Morgan fingerprint density at radius 1 is 0.967 bits per heavy atom. The topological polar surface area (TPSA) is 112 Å². The van der Waals surface area contributed by atoms with E-state index in [0.29, 0.717) is 17.8 Å². The first kappa shape index (κ1) is 22.4. The Hall–Kier alpha value is -3.91. The number of nitrogens with one attached hydrogen (secondary N) is 2. The molecule has 0 aliphatic heterocycles. The fourth-order valence-corrected chi connectivity index (χ4v) is 2.39. The van der Waals surface area contributed by atoms with Gasteiger partial charge >= 0.3 is 0 Å². The zero-order valence-corrected chi connectivity index (χ0v) is 16.5. The van der Waals surface area contributed by atoms with Crippen LogP contribution in [0.2, 0.25) is 0 Å². The molecule has 0 aliphatic rings. The fraction of sp³-hybridized carbons (Fsp3) is 0.136. The van der Waals surface area contributed by atoms with Crippen LogP contribution in [0.1, 0.15) is 21.7 Å². The lowest BCUT2D eigenvalue weighted by Gasteiger charge is -2.03. The Morgan fingerprint density at radius 3 is 2.10 bits per heavy atom. The summed E-state index contributed by atoms with van der Waals surface area (Å²) < 4.78 is 0. The molecule has 154 valence electrons. The molecule has 3 N–H and O–H groups in total. The Bertz CT molecular complexity index is 893. The van der Waals surface area contributed by atoms with Gasteiger partial charge in [-0.2, -0.15) is 0 Å². The van der Waals surface area contributed by atoms with Crippen LogP contribution in [0.4, 0.5) is 5.69 Å².